The van der Waals surface area contributed by atoms with Gasteiger partial charge in [-0.15, -0.1) is 0 Å². The summed E-state index contributed by atoms with van der Waals surface area (Å²) in [5.74, 6) is 1.65. The van der Waals surface area contributed by atoms with Crippen molar-refractivity contribution in [3.63, 3.8) is 0 Å². The molecule has 3 aliphatic rings. The Labute approximate surface area is 131 Å². The van der Waals surface area contributed by atoms with E-state index in [0.717, 1.165) is 24.3 Å². The first-order valence-corrected chi connectivity index (χ1v) is 8.00. The molecular weight excluding hydrogens is 272 g/mol. The van der Waals surface area contributed by atoms with Crippen LogP contribution in [0.2, 0.25) is 0 Å². The second-order valence-electron chi connectivity index (χ2n) is 6.12. The number of allylic oxidation sites excluding steroid dienone is 1. The van der Waals surface area contributed by atoms with Crippen LogP contribution in [0.1, 0.15) is 31.2 Å². The van der Waals surface area contributed by atoms with Gasteiger partial charge in [-0.1, -0.05) is 24.3 Å². The summed E-state index contributed by atoms with van der Waals surface area (Å²) in [7, 11) is 0. The predicted octanol–water partition coefficient (Wildman–Crippen LogP) is 4.17. The lowest BCUT2D eigenvalue weighted by Crippen LogP contribution is -2.52. The molecule has 2 bridgehead atoms. The molecule has 1 aromatic carbocycles. The van der Waals surface area contributed by atoms with Crippen LogP contribution in [0.25, 0.3) is 5.57 Å². The molecule has 1 saturated heterocycles. The molecular formula is C19H20N2O. The number of para-hydroxylation sites is 1. The Balaban J connectivity index is 1.54. The van der Waals surface area contributed by atoms with Crippen LogP contribution in [-0.2, 0) is 0 Å². The van der Waals surface area contributed by atoms with Gasteiger partial charge in [-0.25, -0.2) is 0 Å². The number of benzene rings is 1. The summed E-state index contributed by atoms with van der Waals surface area (Å²) < 4.78 is 5.89. The summed E-state index contributed by atoms with van der Waals surface area (Å²) in [6.07, 6.45) is 10.9. The molecule has 0 spiro atoms. The number of aromatic nitrogens is 1. The number of fused-ring (bicyclic) bond motifs is 3. The lowest BCUT2D eigenvalue weighted by Gasteiger charge is -2.39. The maximum atomic E-state index is 5.89. The molecule has 2 atom stereocenters. The van der Waals surface area contributed by atoms with E-state index in [0.29, 0.717) is 12.1 Å². The first kappa shape index (κ1) is 13.5. The minimum atomic E-state index is 0.678. The third-order valence-electron chi connectivity index (χ3n) is 4.51. The number of rotatable bonds is 3. The fraction of sp³-hybridized carbons (Fsp3) is 0.316. The van der Waals surface area contributed by atoms with Gasteiger partial charge >= 0.3 is 0 Å². The van der Waals surface area contributed by atoms with Crippen molar-refractivity contribution < 1.29 is 4.74 Å². The van der Waals surface area contributed by atoms with Crippen LogP contribution in [0.3, 0.4) is 0 Å². The molecule has 3 heteroatoms. The van der Waals surface area contributed by atoms with Crippen LogP contribution >= 0.6 is 0 Å². The second-order valence-corrected chi connectivity index (χ2v) is 6.12. The molecule has 22 heavy (non-hydrogen) atoms. The molecule has 0 saturated carbocycles. The van der Waals surface area contributed by atoms with Gasteiger partial charge in [0.15, 0.2) is 0 Å². The van der Waals surface area contributed by atoms with Crippen molar-refractivity contribution in [2.45, 2.75) is 37.8 Å². The molecule has 1 fully saturated rings. The average Bonchev–Trinajstić information content (AvgIpc) is 2.46. The number of nitrogens with zero attached hydrogens (tertiary/aromatic N) is 1. The normalized spacial score (nSPS) is 23.7. The van der Waals surface area contributed by atoms with Gasteiger partial charge in [-0.3, -0.25) is 4.98 Å². The maximum Gasteiger partial charge on any atom is 0.146 e. The quantitative estimate of drug-likeness (QED) is 0.922. The van der Waals surface area contributed by atoms with Gasteiger partial charge in [0.05, 0.1) is 6.20 Å². The van der Waals surface area contributed by atoms with E-state index < -0.39 is 0 Å². The van der Waals surface area contributed by atoms with E-state index in [1.165, 1.54) is 24.0 Å². The van der Waals surface area contributed by atoms with Gasteiger partial charge in [0, 0.05) is 18.3 Å². The minimum Gasteiger partial charge on any atom is -0.456 e. The molecule has 1 N–H and O–H groups in total. The summed E-state index contributed by atoms with van der Waals surface area (Å²) in [6.45, 7) is 0. The number of pyridine rings is 1. The molecule has 0 amide bonds. The van der Waals surface area contributed by atoms with Crippen LogP contribution in [0.5, 0.6) is 11.5 Å². The van der Waals surface area contributed by atoms with Gasteiger partial charge in [-0.2, -0.15) is 0 Å². The highest BCUT2D eigenvalue weighted by Crippen LogP contribution is 2.32. The van der Waals surface area contributed by atoms with E-state index in [1.54, 1.807) is 6.20 Å². The standard InChI is InChI=1S/C19H20N2O/c1-2-4-18(5-3-1)22-19-10-15(12-20-13-19)14-6-8-16-11-17(21-16)9-7-14/h1-6,10,12-13,16-17,21H,7-9,11H2. The Morgan fingerprint density at radius 1 is 1.05 bits per heavy atom. The van der Waals surface area contributed by atoms with Crippen molar-refractivity contribution in [3.05, 3.63) is 60.4 Å². The number of hydrogen-bond acceptors (Lipinski definition) is 3. The Morgan fingerprint density at radius 3 is 2.77 bits per heavy atom. The van der Waals surface area contributed by atoms with E-state index in [9.17, 15) is 0 Å². The molecule has 5 rings (SSSR count). The summed E-state index contributed by atoms with van der Waals surface area (Å²) in [5, 5.41) is 3.61. The average molecular weight is 292 g/mol. The third-order valence-corrected chi connectivity index (χ3v) is 4.51. The van der Waals surface area contributed by atoms with E-state index in [-0.39, 0.29) is 0 Å². The Bertz CT molecular complexity index is 675. The number of nitrogens with one attached hydrogen (secondary N) is 1. The second kappa shape index (κ2) is 5.93. The zero-order valence-corrected chi connectivity index (χ0v) is 12.5. The van der Waals surface area contributed by atoms with Crippen LogP contribution < -0.4 is 10.1 Å². The Morgan fingerprint density at radius 2 is 1.91 bits per heavy atom. The number of ether oxygens (including phenoxy) is 1. The van der Waals surface area contributed by atoms with Crippen LogP contribution in [-0.4, -0.2) is 17.1 Å². The van der Waals surface area contributed by atoms with Crippen molar-refractivity contribution in [2.24, 2.45) is 0 Å². The Kier molecular flexibility index (Phi) is 3.65. The van der Waals surface area contributed by atoms with Gasteiger partial charge < -0.3 is 10.1 Å². The summed E-state index contributed by atoms with van der Waals surface area (Å²) in [4.78, 5) is 4.36. The highest BCUT2D eigenvalue weighted by molar-refractivity contribution is 5.66. The molecule has 0 radical (unpaired) electrons. The zero-order valence-electron chi connectivity index (χ0n) is 12.5. The summed E-state index contributed by atoms with van der Waals surface area (Å²) in [5.41, 5.74) is 2.59. The molecule has 1 aromatic heterocycles. The van der Waals surface area contributed by atoms with Crippen molar-refractivity contribution in [2.75, 3.05) is 0 Å². The molecule has 1 aliphatic carbocycles. The highest BCUT2D eigenvalue weighted by atomic mass is 16.5. The lowest BCUT2D eigenvalue weighted by atomic mass is 9.84. The first-order chi connectivity index (χ1) is 10.9. The topological polar surface area (TPSA) is 34.1 Å². The minimum absolute atomic E-state index is 0.678. The fourth-order valence-electron chi connectivity index (χ4n) is 3.27. The van der Waals surface area contributed by atoms with Gasteiger partial charge in [0.1, 0.15) is 11.5 Å². The molecule has 112 valence electrons. The van der Waals surface area contributed by atoms with Crippen molar-refractivity contribution in [1.29, 1.82) is 0 Å². The van der Waals surface area contributed by atoms with Gasteiger partial charge in [-0.05, 0) is 55.0 Å². The van der Waals surface area contributed by atoms with Gasteiger partial charge in [0.25, 0.3) is 0 Å². The fourth-order valence-corrected chi connectivity index (χ4v) is 3.27. The van der Waals surface area contributed by atoms with Crippen LogP contribution in [0.4, 0.5) is 0 Å². The van der Waals surface area contributed by atoms with E-state index in [4.69, 9.17) is 4.74 Å². The van der Waals surface area contributed by atoms with Gasteiger partial charge in [0.2, 0.25) is 0 Å². The smallest absolute Gasteiger partial charge is 0.146 e. The lowest BCUT2D eigenvalue weighted by molar-refractivity contribution is 0.251. The first-order valence-electron chi connectivity index (χ1n) is 8.00. The highest BCUT2D eigenvalue weighted by Gasteiger charge is 2.28. The van der Waals surface area contributed by atoms with E-state index in [2.05, 4.69) is 22.4 Å². The zero-order chi connectivity index (χ0) is 14.8. The van der Waals surface area contributed by atoms with Crippen LogP contribution in [0, 0.1) is 0 Å². The largest absolute Gasteiger partial charge is 0.456 e. The van der Waals surface area contributed by atoms with Crippen molar-refractivity contribution in [1.82, 2.24) is 10.3 Å². The summed E-state index contributed by atoms with van der Waals surface area (Å²) >= 11 is 0. The SMILES string of the molecule is C1=C(c2cncc(Oc3ccccc3)c2)CCC2CC(C1)N2. The molecule has 3 nitrogen and oxygen atoms in total. The van der Waals surface area contributed by atoms with Crippen LogP contribution in [0.15, 0.2) is 54.9 Å². The molecule has 2 unspecified atom stereocenters. The Hall–Kier alpha value is -2.13. The third kappa shape index (κ3) is 2.90. The monoisotopic (exact) mass is 292 g/mol. The van der Waals surface area contributed by atoms with Crippen molar-refractivity contribution in [3.8, 4) is 11.5 Å². The number of hydrogen-bond donors (Lipinski definition) is 1. The van der Waals surface area contributed by atoms with E-state index >= 15 is 0 Å². The predicted molar refractivity (Wildman–Crippen MR) is 87.9 cm³/mol. The maximum absolute atomic E-state index is 5.89. The van der Waals surface area contributed by atoms with E-state index in [1.807, 2.05) is 36.5 Å². The van der Waals surface area contributed by atoms with Crippen molar-refractivity contribution >= 4 is 5.57 Å². The molecule has 3 heterocycles. The molecule has 2 aliphatic heterocycles. The summed E-state index contributed by atoms with van der Waals surface area (Å²) in [6, 6.07) is 13.4. The molecule has 2 aromatic rings.